The van der Waals surface area contributed by atoms with Crippen molar-refractivity contribution in [3.8, 4) is 5.75 Å². The summed E-state index contributed by atoms with van der Waals surface area (Å²) in [5, 5.41) is 2.91. The van der Waals surface area contributed by atoms with Crippen LogP contribution < -0.4 is 10.1 Å². The van der Waals surface area contributed by atoms with Gasteiger partial charge in [-0.05, 0) is 74.2 Å². The maximum absolute atomic E-state index is 11.9. The first-order valence-corrected chi connectivity index (χ1v) is 12.5. The van der Waals surface area contributed by atoms with Gasteiger partial charge >= 0.3 is 0 Å². The Kier molecular flexibility index (Phi) is 8.13. The second-order valence-electron chi connectivity index (χ2n) is 8.13. The lowest BCUT2D eigenvalue weighted by molar-refractivity contribution is -0.118. The highest BCUT2D eigenvalue weighted by molar-refractivity contribution is 7.99. The first-order valence-electron chi connectivity index (χ1n) is 11.3. The molecule has 166 valence electrons. The van der Waals surface area contributed by atoms with E-state index in [0.29, 0.717) is 30.7 Å². The summed E-state index contributed by atoms with van der Waals surface area (Å²) in [5.41, 5.74) is 2.84. The molecule has 6 heteroatoms. The van der Waals surface area contributed by atoms with E-state index < -0.39 is 0 Å². The number of hydrogen-bond donors (Lipinski definition) is 1. The number of ether oxygens (including phenoxy) is 1. The number of nitrogens with zero attached hydrogens (tertiary/aromatic N) is 1. The molecule has 1 N–H and O–H groups in total. The van der Waals surface area contributed by atoms with Gasteiger partial charge in [-0.25, -0.2) is 0 Å². The van der Waals surface area contributed by atoms with Crippen LogP contribution in [0.1, 0.15) is 48.6 Å². The Morgan fingerprint density at radius 1 is 1.19 bits per heavy atom. The smallest absolute Gasteiger partial charge is 0.230 e. The summed E-state index contributed by atoms with van der Waals surface area (Å²) in [6, 6.07) is 10.8. The van der Waals surface area contributed by atoms with E-state index in [1.165, 1.54) is 49.9 Å². The fourth-order valence-corrected chi connectivity index (χ4v) is 5.25. The molecule has 1 amide bonds. The molecule has 5 nitrogen and oxygen atoms in total. The number of amides is 1. The van der Waals surface area contributed by atoms with Crippen LogP contribution in [0, 0.1) is 0 Å². The van der Waals surface area contributed by atoms with E-state index in [2.05, 4.69) is 28.4 Å². The van der Waals surface area contributed by atoms with E-state index in [9.17, 15) is 4.79 Å². The van der Waals surface area contributed by atoms with Crippen molar-refractivity contribution in [1.82, 2.24) is 10.2 Å². The third-order valence-electron chi connectivity index (χ3n) is 6.00. The van der Waals surface area contributed by atoms with Gasteiger partial charge in [0.15, 0.2) is 0 Å². The van der Waals surface area contributed by atoms with Crippen molar-refractivity contribution in [2.75, 3.05) is 32.0 Å². The van der Waals surface area contributed by atoms with Gasteiger partial charge in [0, 0.05) is 12.6 Å². The topological polar surface area (TPSA) is 54.7 Å². The van der Waals surface area contributed by atoms with Crippen molar-refractivity contribution in [3.63, 3.8) is 0 Å². The quantitative estimate of drug-likeness (QED) is 0.541. The summed E-state index contributed by atoms with van der Waals surface area (Å²) in [6.07, 6.45) is 11.9. The number of carbonyl (C=O) groups excluding carboxylic acids is 1. The molecule has 1 aromatic carbocycles. The van der Waals surface area contributed by atoms with E-state index in [4.69, 9.17) is 9.15 Å². The van der Waals surface area contributed by atoms with Crippen LogP contribution in [0.25, 0.3) is 0 Å². The van der Waals surface area contributed by atoms with Crippen molar-refractivity contribution in [1.29, 1.82) is 0 Å². The number of benzene rings is 1. The lowest BCUT2D eigenvalue weighted by atomic mass is 10.0. The fourth-order valence-electron chi connectivity index (χ4n) is 4.50. The molecule has 0 spiro atoms. The van der Waals surface area contributed by atoms with E-state index in [0.717, 1.165) is 17.9 Å². The standard InChI is InChI=1S/C25H32N2O3S/c28-25(19-31-18-20-8-7-17-29-20)26-13-2-5-16-30-24-10-6-9-21-22(24)11-12-23(21)27-14-3-1-4-15-27/h2,5-10,17,23H,1,3-4,11-16,18-19H2,(H,26,28)/b5-2-. The van der Waals surface area contributed by atoms with Crippen molar-refractivity contribution in [2.24, 2.45) is 0 Å². The van der Waals surface area contributed by atoms with Crippen LogP contribution in [0.5, 0.6) is 5.75 Å². The minimum Gasteiger partial charge on any atom is -0.489 e. The molecule has 2 heterocycles. The molecule has 0 radical (unpaired) electrons. The third kappa shape index (κ3) is 6.17. The van der Waals surface area contributed by atoms with Crippen LogP contribution in [-0.2, 0) is 17.0 Å². The fraction of sp³-hybridized carbons (Fsp3) is 0.480. The van der Waals surface area contributed by atoms with Crippen molar-refractivity contribution >= 4 is 17.7 Å². The molecular formula is C25H32N2O3S. The number of thioether (sulfide) groups is 1. The van der Waals surface area contributed by atoms with E-state index in [1.807, 2.05) is 24.3 Å². The Labute approximate surface area is 189 Å². The average molecular weight is 441 g/mol. The van der Waals surface area contributed by atoms with Crippen LogP contribution in [0.15, 0.2) is 53.2 Å². The lowest BCUT2D eigenvalue weighted by Crippen LogP contribution is -2.32. The van der Waals surface area contributed by atoms with Gasteiger partial charge in [0.25, 0.3) is 0 Å². The molecule has 0 saturated carbocycles. The predicted octanol–water partition coefficient (Wildman–Crippen LogP) is 4.74. The largest absolute Gasteiger partial charge is 0.489 e. The maximum atomic E-state index is 11.9. The zero-order chi connectivity index (χ0) is 21.3. The second-order valence-corrected chi connectivity index (χ2v) is 9.12. The molecular weight excluding hydrogens is 408 g/mol. The Hall–Kier alpha value is -2.18. The molecule has 1 fully saturated rings. The first kappa shape index (κ1) is 22.0. The first-order chi connectivity index (χ1) is 15.3. The second kappa shape index (κ2) is 11.4. The van der Waals surface area contributed by atoms with Crippen molar-refractivity contribution < 1.29 is 13.9 Å². The summed E-state index contributed by atoms with van der Waals surface area (Å²) in [7, 11) is 0. The van der Waals surface area contributed by atoms with Crippen LogP contribution >= 0.6 is 11.8 Å². The summed E-state index contributed by atoms with van der Waals surface area (Å²) < 4.78 is 11.3. The predicted molar refractivity (Wildman–Crippen MR) is 125 cm³/mol. The Morgan fingerprint density at radius 2 is 2.10 bits per heavy atom. The molecule has 1 aliphatic heterocycles. The van der Waals surface area contributed by atoms with Gasteiger partial charge in [0.2, 0.25) is 5.91 Å². The van der Waals surface area contributed by atoms with Crippen LogP contribution in [0.4, 0.5) is 0 Å². The van der Waals surface area contributed by atoms with Crippen molar-refractivity contribution in [2.45, 2.75) is 43.9 Å². The van der Waals surface area contributed by atoms with Gasteiger partial charge < -0.3 is 14.5 Å². The molecule has 2 aromatic rings. The van der Waals surface area contributed by atoms with E-state index in [-0.39, 0.29) is 5.91 Å². The Balaban J connectivity index is 1.17. The molecule has 1 aromatic heterocycles. The highest BCUT2D eigenvalue weighted by Crippen LogP contribution is 2.41. The zero-order valence-electron chi connectivity index (χ0n) is 18.1. The summed E-state index contributed by atoms with van der Waals surface area (Å²) in [5.74, 6) is 3.08. The van der Waals surface area contributed by atoms with Crippen LogP contribution in [0.3, 0.4) is 0 Å². The highest BCUT2D eigenvalue weighted by atomic mass is 32.2. The molecule has 1 atom stereocenters. The highest BCUT2D eigenvalue weighted by Gasteiger charge is 2.30. The van der Waals surface area contributed by atoms with Crippen LogP contribution in [-0.4, -0.2) is 42.8 Å². The zero-order valence-corrected chi connectivity index (χ0v) is 18.9. The molecule has 1 aliphatic carbocycles. The Morgan fingerprint density at radius 3 is 2.94 bits per heavy atom. The number of piperidine rings is 1. The number of hydrogen-bond acceptors (Lipinski definition) is 5. The molecule has 2 aliphatic rings. The van der Waals surface area contributed by atoms with Gasteiger partial charge in [-0.1, -0.05) is 24.6 Å². The minimum absolute atomic E-state index is 0.0340. The normalized spacial score (nSPS) is 18.9. The van der Waals surface area contributed by atoms with E-state index in [1.54, 1.807) is 18.0 Å². The maximum Gasteiger partial charge on any atom is 0.230 e. The molecule has 1 saturated heterocycles. The monoisotopic (exact) mass is 440 g/mol. The SMILES string of the molecule is O=C(CSCc1ccco1)NC/C=C\COc1cccc2c1CCC2N1CCCCC1. The number of carbonyl (C=O) groups is 1. The van der Waals surface area contributed by atoms with Gasteiger partial charge in [0.05, 0.1) is 17.8 Å². The van der Waals surface area contributed by atoms with Crippen LogP contribution in [0.2, 0.25) is 0 Å². The van der Waals surface area contributed by atoms with E-state index >= 15 is 0 Å². The molecule has 0 bridgehead atoms. The van der Waals surface area contributed by atoms with Gasteiger partial charge in [-0.3, -0.25) is 9.69 Å². The number of furan rings is 1. The van der Waals surface area contributed by atoms with Gasteiger partial charge in [-0.15, -0.1) is 11.8 Å². The number of rotatable bonds is 10. The third-order valence-corrected chi connectivity index (χ3v) is 6.96. The average Bonchev–Trinajstić information content (AvgIpc) is 3.47. The van der Waals surface area contributed by atoms with Gasteiger partial charge in [0.1, 0.15) is 18.1 Å². The van der Waals surface area contributed by atoms with Gasteiger partial charge in [-0.2, -0.15) is 0 Å². The molecule has 1 unspecified atom stereocenters. The lowest BCUT2D eigenvalue weighted by Gasteiger charge is -2.32. The number of nitrogens with one attached hydrogen (secondary N) is 1. The number of fused-ring (bicyclic) bond motifs is 1. The summed E-state index contributed by atoms with van der Waals surface area (Å²) in [6.45, 7) is 3.50. The molecule has 31 heavy (non-hydrogen) atoms. The number of likely N-dealkylation sites (tertiary alicyclic amines) is 1. The van der Waals surface area contributed by atoms with Crippen molar-refractivity contribution in [3.05, 3.63) is 65.6 Å². The minimum atomic E-state index is 0.0340. The molecule has 4 rings (SSSR count). The Bertz CT molecular complexity index is 860. The summed E-state index contributed by atoms with van der Waals surface area (Å²) in [4.78, 5) is 14.5. The summed E-state index contributed by atoms with van der Waals surface area (Å²) >= 11 is 1.55.